The average Bonchev–Trinajstić information content (AvgIpc) is 2.97. The summed E-state index contributed by atoms with van der Waals surface area (Å²) in [6, 6.07) is 0. The van der Waals surface area contributed by atoms with Crippen molar-refractivity contribution in [3.8, 4) is 0 Å². The summed E-state index contributed by atoms with van der Waals surface area (Å²) >= 11 is 0. The van der Waals surface area contributed by atoms with Gasteiger partial charge in [-0.25, -0.2) is 4.57 Å². The fraction of sp³-hybridized carbons (Fsp3) is 0.697. The van der Waals surface area contributed by atoms with Crippen molar-refractivity contribution in [2.75, 3.05) is 13.2 Å². The summed E-state index contributed by atoms with van der Waals surface area (Å²) in [6.45, 7) is 3.32. The summed E-state index contributed by atoms with van der Waals surface area (Å²) < 4.78 is 25.9. The largest absolute Gasteiger partial charge is 0.469 e. The smallest absolute Gasteiger partial charge is 0.462 e. The van der Waals surface area contributed by atoms with Crippen LogP contribution in [0.15, 0.2) is 48.6 Å². The zero-order valence-electron chi connectivity index (χ0n) is 26.8. The number of aliphatic hydroxyl groups excluding tert-OH is 2. The van der Waals surface area contributed by atoms with Crippen LogP contribution in [0.3, 0.4) is 0 Å². The normalized spacial score (nSPS) is 14.6. The SMILES string of the molecule is CCCCC/C=C\C[C@H](O)/C=C/C=C/C=C\[C@H](O)CCCC(=O)O[C@H](COC(=O)CCCCCCCCC)COP(=O)(O)O. The van der Waals surface area contributed by atoms with Gasteiger partial charge in [-0.15, -0.1) is 0 Å². The summed E-state index contributed by atoms with van der Waals surface area (Å²) in [6.07, 6.45) is 25.0. The lowest BCUT2D eigenvalue weighted by Gasteiger charge is -2.18. The number of phosphoric acid groups is 1. The van der Waals surface area contributed by atoms with E-state index in [-0.39, 0.29) is 25.9 Å². The molecule has 0 aromatic rings. The van der Waals surface area contributed by atoms with Crippen molar-refractivity contribution >= 4 is 19.8 Å². The van der Waals surface area contributed by atoms with E-state index in [2.05, 4.69) is 24.4 Å². The standard InChI is InChI=1S/C33H57O10P/c1-3-5-7-9-11-13-19-25-32(36)41-27-31(28-42-44(38,39)40)43-33(37)26-20-24-30(35)23-18-15-14-17-22-29(34)21-16-12-10-8-6-4-2/h12,14-18,22-23,29-31,34-35H,3-11,13,19-21,24-28H2,1-2H3,(H2,38,39,40)/b15-14+,16-12-,22-17+,23-18-/t29-,30-,31+/m0/s1. The quantitative estimate of drug-likeness (QED) is 0.0235. The second kappa shape index (κ2) is 28.4. The van der Waals surface area contributed by atoms with Gasteiger partial charge >= 0.3 is 19.8 Å². The molecule has 0 aliphatic carbocycles. The topological polar surface area (TPSA) is 160 Å². The molecule has 0 bridgehead atoms. The van der Waals surface area contributed by atoms with E-state index in [4.69, 9.17) is 19.3 Å². The average molecular weight is 645 g/mol. The Balaban J connectivity index is 4.37. The van der Waals surface area contributed by atoms with Gasteiger partial charge in [0.05, 0.1) is 18.8 Å². The number of hydrogen-bond donors (Lipinski definition) is 4. The molecule has 44 heavy (non-hydrogen) atoms. The molecule has 254 valence electrons. The highest BCUT2D eigenvalue weighted by atomic mass is 31.2. The van der Waals surface area contributed by atoms with Crippen molar-refractivity contribution in [1.29, 1.82) is 0 Å². The highest BCUT2D eigenvalue weighted by molar-refractivity contribution is 7.46. The Labute approximate surface area is 264 Å². The first-order valence-corrected chi connectivity index (χ1v) is 17.7. The van der Waals surface area contributed by atoms with Crippen LogP contribution in [-0.4, -0.2) is 63.5 Å². The molecule has 0 heterocycles. The van der Waals surface area contributed by atoms with Crippen molar-refractivity contribution < 1.29 is 48.2 Å². The maximum Gasteiger partial charge on any atom is 0.469 e. The van der Waals surface area contributed by atoms with Gasteiger partial charge in [0.1, 0.15) is 6.61 Å². The van der Waals surface area contributed by atoms with Crippen molar-refractivity contribution in [2.24, 2.45) is 0 Å². The number of hydrogen-bond acceptors (Lipinski definition) is 8. The van der Waals surface area contributed by atoms with Crippen molar-refractivity contribution in [3.05, 3.63) is 48.6 Å². The number of carbonyl (C=O) groups excluding carboxylic acids is 2. The summed E-state index contributed by atoms with van der Waals surface area (Å²) in [4.78, 5) is 42.3. The molecule has 0 aliphatic rings. The van der Waals surface area contributed by atoms with E-state index in [9.17, 15) is 24.4 Å². The molecule has 0 aromatic carbocycles. The van der Waals surface area contributed by atoms with E-state index < -0.39 is 44.7 Å². The number of ether oxygens (including phenoxy) is 2. The Hall–Kier alpha value is -2.07. The summed E-state index contributed by atoms with van der Waals surface area (Å²) in [5, 5.41) is 20.1. The molecule has 0 saturated heterocycles. The molecule has 0 aromatic heterocycles. The van der Waals surface area contributed by atoms with Crippen LogP contribution < -0.4 is 0 Å². The van der Waals surface area contributed by atoms with Crippen molar-refractivity contribution in [1.82, 2.24) is 0 Å². The zero-order valence-corrected chi connectivity index (χ0v) is 27.7. The zero-order chi connectivity index (χ0) is 32.9. The monoisotopic (exact) mass is 644 g/mol. The maximum atomic E-state index is 12.3. The number of rotatable bonds is 28. The van der Waals surface area contributed by atoms with E-state index in [1.54, 1.807) is 36.5 Å². The van der Waals surface area contributed by atoms with Gasteiger partial charge in [0.25, 0.3) is 0 Å². The van der Waals surface area contributed by atoms with Gasteiger partial charge in [-0.1, -0.05) is 114 Å². The van der Waals surface area contributed by atoms with E-state index in [0.29, 0.717) is 19.3 Å². The summed E-state index contributed by atoms with van der Waals surface area (Å²) in [5.74, 6) is -1.14. The van der Waals surface area contributed by atoms with Gasteiger partial charge in [-0.3, -0.25) is 14.1 Å². The van der Waals surface area contributed by atoms with Crippen LogP contribution in [-0.2, 0) is 28.2 Å². The van der Waals surface area contributed by atoms with E-state index in [1.807, 2.05) is 6.08 Å². The van der Waals surface area contributed by atoms with Crippen LogP contribution in [0.5, 0.6) is 0 Å². The number of carbonyl (C=O) groups is 2. The van der Waals surface area contributed by atoms with E-state index in [1.165, 1.54) is 38.5 Å². The predicted molar refractivity (Wildman–Crippen MR) is 173 cm³/mol. The first-order valence-electron chi connectivity index (χ1n) is 16.1. The lowest BCUT2D eigenvalue weighted by atomic mass is 10.1. The first-order chi connectivity index (χ1) is 21.1. The first kappa shape index (κ1) is 41.9. The van der Waals surface area contributed by atoms with E-state index >= 15 is 0 Å². The molecule has 0 amide bonds. The molecule has 0 unspecified atom stereocenters. The Morgan fingerprint density at radius 1 is 0.705 bits per heavy atom. The van der Waals surface area contributed by atoms with Crippen molar-refractivity contribution in [2.45, 2.75) is 135 Å². The van der Waals surface area contributed by atoms with Gasteiger partial charge in [0.2, 0.25) is 0 Å². The predicted octanol–water partition coefficient (Wildman–Crippen LogP) is 6.78. The third-order valence-electron chi connectivity index (χ3n) is 6.54. The molecule has 0 saturated carbocycles. The molecule has 0 radical (unpaired) electrons. The maximum absolute atomic E-state index is 12.3. The molecule has 0 fully saturated rings. The van der Waals surface area contributed by atoms with Gasteiger partial charge in [-0.05, 0) is 38.5 Å². The Kier molecular flexibility index (Phi) is 27.1. The second-order valence-corrected chi connectivity index (χ2v) is 12.1. The number of phosphoric ester groups is 1. The fourth-order valence-electron chi connectivity index (χ4n) is 4.03. The van der Waals surface area contributed by atoms with Crippen LogP contribution in [0.2, 0.25) is 0 Å². The van der Waals surface area contributed by atoms with Gasteiger partial charge in [0, 0.05) is 12.8 Å². The lowest BCUT2D eigenvalue weighted by Crippen LogP contribution is -2.29. The Bertz CT molecular complexity index is 893. The molecular weight excluding hydrogens is 587 g/mol. The van der Waals surface area contributed by atoms with Gasteiger partial charge in [0.15, 0.2) is 6.10 Å². The Morgan fingerprint density at radius 2 is 1.30 bits per heavy atom. The van der Waals surface area contributed by atoms with Gasteiger partial charge in [-0.2, -0.15) is 0 Å². The summed E-state index contributed by atoms with van der Waals surface area (Å²) in [5.41, 5.74) is 0. The van der Waals surface area contributed by atoms with Crippen LogP contribution in [0.25, 0.3) is 0 Å². The molecule has 0 aliphatic heterocycles. The van der Waals surface area contributed by atoms with Crippen LogP contribution >= 0.6 is 7.82 Å². The molecule has 10 nitrogen and oxygen atoms in total. The van der Waals surface area contributed by atoms with Crippen LogP contribution in [0.1, 0.15) is 117 Å². The molecule has 4 N–H and O–H groups in total. The number of esters is 2. The highest BCUT2D eigenvalue weighted by Gasteiger charge is 2.23. The molecular formula is C33H57O10P. The lowest BCUT2D eigenvalue weighted by molar-refractivity contribution is -0.161. The third-order valence-corrected chi connectivity index (χ3v) is 7.03. The molecule has 0 rings (SSSR count). The van der Waals surface area contributed by atoms with Crippen LogP contribution in [0, 0.1) is 0 Å². The Morgan fingerprint density at radius 3 is 1.95 bits per heavy atom. The fourth-order valence-corrected chi connectivity index (χ4v) is 4.40. The molecule has 11 heteroatoms. The second-order valence-electron chi connectivity index (χ2n) is 10.8. The number of unbranched alkanes of at least 4 members (excludes halogenated alkanes) is 9. The minimum atomic E-state index is -4.81. The van der Waals surface area contributed by atoms with Crippen molar-refractivity contribution in [3.63, 3.8) is 0 Å². The molecule has 0 spiro atoms. The molecule has 3 atom stereocenters. The number of aliphatic hydroxyl groups is 2. The highest BCUT2D eigenvalue weighted by Crippen LogP contribution is 2.35. The van der Waals surface area contributed by atoms with Gasteiger partial charge < -0.3 is 29.5 Å². The minimum absolute atomic E-state index is 0.0488. The van der Waals surface area contributed by atoms with E-state index in [0.717, 1.165) is 25.7 Å². The minimum Gasteiger partial charge on any atom is -0.462 e. The third kappa shape index (κ3) is 30.0. The summed E-state index contributed by atoms with van der Waals surface area (Å²) in [7, 11) is -4.81. The number of allylic oxidation sites excluding steroid dienone is 5. The van der Waals surface area contributed by atoms with Crippen LogP contribution in [0.4, 0.5) is 0 Å².